The number of aliphatic imine (C=N–C) groups is 1. The molecule has 21 heavy (non-hydrogen) atoms. The Kier molecular flexibility index (Phi) is 8.69. The van der Waals surface area contributed by atoms with E-state index in [-0.39, 0.29) is 0 Å². The van der Waals surface area contributed by atoms with E-state index >= 15 is 0 Å². The zero-order chi connectivity index (χ0) is 15.7. The molecule has 5 nitrogen and oxygen atoms in total. The third-order valence-electron chi connectivity index (χ3n) is 3.74. The van der Waals surface area contributed by atoms with Gasteiger partial charge in [-0.1, -0.05) is 6.92 Å². The van der Waals surface area contributed by atoms with E-state index in [9.17, 15) is 0 Å². The SMILES string of the molecule is CCNC(=NCCCN1CC(C)OC(C)C1)NC(C)CC. The first-order valence-corrected chi connectivity index (χ1v) is 8.47. The zero-order valence-electron chi connectivity index (χ0n) is 14.5. The molecule has 1 rings (SSSR count). The predicted octanol–water partition coefficient (Wildman–Crippen LogP) is 1.84. The quantitative estimate of drug-likeness (QED) is 0.428. The Bertz CT molecular complexity index is 299. The van der Waals surface area contributed by atoms with Crippen LogP contribution in [-0.2, 0) is 4.74 Å². The van der Waals surface area contributed by atoms with Gasteiger partial charge in [-0.05, 0) is 40.5 Å². The van der Waals surface area contributed by atoms with Crippen molar-refractivity contribution in [1.29, 1.82) is 0 Å². The summed E-state index contributed by atoms with van der Waals surface area (Å²) in [4.78, 5) is 7.15. The summed E-state index contributed by atoms with van der Waals surface area (Å²) >= 11 is 0. The number of nitrogens with zero attached hydrogens (tertiary/aromatic N) is 2. The van der Waals surface area contributed by atoms with E-state index < -0.39 is 0 Å². The number of rotatable bonds is 7. The molecule has 0 bridgehead atoms. The highest BCUT2D eigenvalue weighted by Gasteiger charge is 2.21. The maximum absolute atomic E-state index is 5.76. The van der Waals surface area contributed by atoms with Crippen molar-refractivity contribution in [2.45, 2.75) is 65.7 Å². The van der Waals surface area contributed by atoms with Gasteiger partial charge in [-0.25, -0.2) is 0 Å². The molecule has 124 valence electrons. The van der Waals surface area contributed by atoms with Gasteiger partial charge in [0.1, 0.15) is 0 Å². The second kappa shape index (κ2) is 10.0. The third-order valence-corrected chi connectivity index (χ3v) is 3.74. The molecule has 0 aromatic heterocycles. The first-order valence-electron chi connectivity index (χ1n) is 8.47. The summed E-state index contributed by atoms with van der Waals surface area (Å²) in [6, 6.07) is 0.462. The van der Waals surface area contributed by atoms with Gasteiger partial charge in [0.2, 0.25) is 0 Å². The minimum atomic E-state index is 0.349. The van der Waals surface area contributed by atoms with Crippen LogP contribution >= 0.6 is 0 Å². The fourth-order valence-corrected chi connectivity index (χ4v) is 2.61. The second-order valence-corrected chi connectivity index (χ2v) is 6.08. The second-order valence-electron chi connectivity index (χ2n) is 6.08. The van der Waals surface area contributed by atoms with Gasteiger partial charge in [0, 0.05) is 38.8 Å². The van der Waals surface area contributed by atoms with Crippen molar-refractivity contribution >= 4 is 5.96 Å². The highest BCUT2D eigenvalue weighted by Crippen LogP contribution is 2.10. The van der Waals surface area contributed by atoms with Crippen LogP contribution < -0.4 is 10.6 Å². The molecule has 0 radical (unpaired) electrons. The Labute approximate surface area is 130 Å². The van der Waals surface area contributed by atoms with Crippen LogP contribution in [0.15, 0.2) is 4.99 Å². The summed E-state index contributed by atoms with van der Waals surface area (Å²) in [5, 5.41) is 6.73. The summed E-state index contributed by atoms with van der Waals surface area (Å²) in [7, 11) is 0. The van der Waals surface area contributed by atoms with Gasteiger partial charge in [0.15, 0.2) is 5.96 Å². The molecule has 0 aromatic rings. The van der Waals surface area contributed by atoms with Crippen molar-refractivity contribution in [3.63, 3.8) is 0 Å². The predicted molar refractivity (Wildman–Crippen MR) is 89.9 cm³/mol. The molecule has 3 unspecified atom stereocenters. The standard InChI is InChI=1S/C16H34N4O/c1-6-13(3)19-16(17-7-2)18-9-8-10-20-11-14(4)21-15(5)12-20/h13-15H,6-12H2,1-5H3,(H2,17,18,19). The number of morpholine rings is 1. The lowest BCUT2D eigenvalue weighted by atomic mass is 10.2. The fourth-order valence-electron chi connectivity index (χ4n) is 2.61. The van der Waals surface area contributed by atoms with Crippen molar-refractivity contribution in [2.24, 2.45) is 4.99 Å². The average molecular weight is 298 g/mol. The van der Waals surface area contributed by atoms with Gasteiger partial charge < -0.3 is 15.4 Å². The maximum Gasteiger partial charge on any atom is 0.191 e. The Morgan fingerprint density at radius 3 is 2.52 bits per heavy atom. The molecule has 0 aromatic carbocycles. The van der Waals surface area contributed by atoms with Crippen LogP contribution in [0.1, 0.15) is 47.5 Å². The number of hydrogen-bond acceptors (Lipinski definition) is 3. The summed E-state index contributed by atoms with van der Waals surface area (Å²) in [6.07, 6.45) is 2.90. The molecular formula is C16H34N4O. The topological polar surface area (TPSA) is 48.9 Å². The molecule has 0 amide bonds. The molecule has 2 N–H and O–H groups in total. The molecule has 0 saturated carbocycles. The molecule has 1 heterocycles. The highest BCUT2D eigenvalue weighted by molar-refractivity contribution is 5.79. The van der Waals surface area contributed by atoms with E-state index in [2.05, 4.69) is 55.1 Å². The minimum Gasteiger partial charge on any atom is -0.373 e. The van der Waals surface area contributed by atoms with Crippen LogP contribution in [-0.4, -0.2) is 61.8 Å². The van der Waals surface area contributed by atoms with Crippen LogP contribution in [0, 0.1) is 0 Å². The smallest absolute Gasteiger partial charge is 0.191 e. The molecule has 0 aliphatic carbocycles. The lowest BCUT2D eigenvalue weighted by Crippen LogP contribution is -2.45. The number of guanidine groups is 1. The zero-order valence-corrected chi connectivity index (χ0v) is 14.5. The fraction of sp³-hybridized carbons (Fsp3) is 0.938. The molecule has 1 saturated heterocycles. The van der Waals surface area contributed by atoms with Crippen LogP contribution in [0.5, 0.6) is 0 Å². The van der Waals surface area contributed by atoms with Crippen LogP contribution in [0.2, 0.25) is 0 Å². The van der Waals surface area contributed by atoms with Crippen LogP contribution in [0.3, 0.4) is 0 Å². The van der Waals surface area contributed by atoms with Crippen molar-refractivity contribution < 1.29 is 4.74 Å². The summed E-state index contributed by atoms with van der Waals surface area (Å²) in [5.74, 6) is 0.940. The summed E-state index contributed by atoms with van der Waals surface area (Å²) < 4.78 is 5.76. The van der Waals surface area contributed by atoms with Gasteiger partial charge in [0.05, 0.1) is 12.2 Å². The lowest BCUT2D eigenvalue weighted by molar-refractivity contribution is -0.0679. The van der Waals surface area contributed by atoms with E-state index in [1.165, 1.54) is 0 Å². The van der Waals surface area contributed by atoms with E-state index in [0.717, 1.165) is 51.5 Å². The Morgan fingerprint density at radius 1 is 1.29 bits per heavy atom. The van der Waals surface area contributed by atoms with E-state index in [1.54, 1.807) is 0 Å². The molecule has 1 aliphatic rings. The Hall–Kier alpha value is -0.810. The number of nitrogens with one attached hydrogen (secondary N) is 2. The molecule has 3 atom stereocenters. The van der Waals surface area contributed by atoms with Gasteiger partial charge in [0.25, 0.3) is 0 Å². The van der Waals surface area contributed by atoms with Crippen molar-refractivity contribution in [3.05, 3.63) is 0 Å². The molecular weight excluding hydrogens is 264 g/mol. The first-order chi connectivity index (χ1) is 10.0. The van der Waals surface area contributed by atoms with Gasteiger partial charge in [-0.15, -0.1) is 0 Å². The van der Waals surface area contributed by atoms with Crippen molar-refractivity contribution in [2.75, 3.05) is 32.7 Å². The van der Waals surface area contributed by atoms with E-state index in [4.69, 9.17) is 4.74 Å². The lowest BCUT2D eigenvalue weighted by Gasteiger charge is -2.35. The largest absolute Gasteiger partial charge is 0.373 e. The highest BCUT2D eigenvalue weighted by atomic mass is 16.5. The Balaban J connectivity index is 2.30. The minimum absolute atomic E-state index is 0.349. The first kappa shape index (κ1) is 18.2. The maximum atomic E-state index is 5.76. The normalized spacial score (nSPS) is 25.7. The van der Waals surface area contributed by atoms with Crippen molar-refractivity contribution in [3.8, 4) is 0 Å². The molecule has 0 spiro atoms. The molecule has 1 aliphatic heterocycles. The number of ether oxygens (including phenoxy) is 1. The van der Waals surface area contributed by atoms with Gasteiger partial charge in [-0.2, -0.15) is 0 Å². The van der Waals surface area contributed by atoms with Crippen LogP contribution in [0.4, 0.5) is 0 Å². The Morgan fingerprint density at radius 2 is 1.95 bits per heavy atom. The van der Waals surface area contributed by atoms with Gasteiger partial charge in [-0.3, -0.25) is 9.89 Å². The van der Waals surface area contributed by atoms with E-state index in [0.29, 0.717) is 18.2 Å². The summed E-state index contributed by atoms with van der Waals surface area (Å²) in [5.41, 5.74) is 0. The third kappa shape index (κ3) is 7.67. The van der Waals surface area contributed by atoms with Crippen molar-refractivity contribution in [1.82, 2.24) is 15.5 Å². The number of hydrogen-bond donors (Lipinski definition) is 2. The summed E-state index contributed by atoms with van der Waals surface area (Å²) in [6.45, 7) is 15.7. The van der Waals surface area contributed by atoms with E-state index in [1.807, 2.05) is 0 Å². The van der Waals surface area contributed by atoms with Gasteiger partial charge >= 0.3 is 0 Å². The van der Waals surface area contributed by atoms with Crippen LogP contribution in [0.25, 0.3) is 0 Å². The average Bonchev–Trinajstić information content (AvgIpc) is 2.42. The molecule has 1 fully saturated rings. The monoisotopic (exact) mass is 298 g/mol. The molecule has 5 heteroatoms.